The lowest BCUT2D eigenvalue weighted by Gasteiger charge is -2.10. The van der Waals surface area contributed by atoms with Crippen LogP contribution < -0.4 is 14.9 Å². The zero-order valence-electron chi connectivity index (χ0n) is 16.5. The van der Waals surface area contributed by atoms with E-state index >= 15 is 0 Å². The Morgan fingerprint density at radius 3 is 2.33 bits per heavy atom. The fourth-order valence-electron chi connectivity index (χ4n) is 3.06. The Morgan fingerprint density at radius 1 is 0.867 bits per heavy atom. The van der Waals surface area contributed by atoms with Crippen LogP contribution in [-0.4, -0.2) is 13.2 Å². The van der Waals surface area contributed by atoms with Crippen LogP contribution in [0.2, 0.25) is 0 Å². The van der Waals surface area contributed by atoms with E-state index in [4.69, 9.17) is 18.3 Å². The van der Waals surface area contributed by atoms with Crippen LogP contribution in [0.5, 0.6) is 11.5 Å². The molecule has 0 saturated carbocycles. The summed E-state index contributed by atoms with van der Waals surface area (Å²) in [6.45, 7) is 2.99. The van der Waals surface area contributed by atoms with Crippen molar-refractivity contribution >= 4 is 26.9 Å². The van der Waals surface area contributed by atoms with E-state index < -0.39 is 0 Å². The second-order valence-electron chi connectivity index (χ2n) is 6.91. The maximum absolute atomic E-state index is 13.0. The highest BCUT2D eigenvalue weighted by Gasteiger charge is 2.20. The number of aryl methyl sites for hydroxylation is 1. The van der Waals surface area contributed by atoms with E-state index in [1.165, 1.54) is 5.56 Å². The summed E-state index contributed by atoms with van der Waals surface area (Å²) in [5.41, 5.74) is 1.48. The van der Waals surface area contributed by atoms with Gasteiger partial charge in [0, 0.05) is 0 Å². The highest BCUT2D eigenvalue weighted by Crippen LogP contribution is 2.33. The first-order chi connectivity index (χ1) is 14.6. The molecule has 30 heavy (non-hydrogen) atoms. The van der Waals surface area contributed by atoms with Crippen LogP contribution in [0.25, 0.3) is 22.5 Å². The third-order valence-corrected chi connectivity index (χ3v) is 5.05. The van der Waals surface area contributed by atoms with E-state index in [1.807, 2.05) is 37.3 Å². The molecule has 4 aromatic rings. The molecule has 2 heterocycles. The molecule has 4 rings (SSSR count). The number of unbranched alkanes of at least 4 members (excludes halogenated alkanes) is 1. The van der Waals surface area contributed by atoms with Gasteiger partial charge in [-0.3, -0.25) is 4.79 Å². The first kappa shape index (κ1) is 20.3. The highest BCUT2D eigenvalue weighted by molar-refractivity contribution is 9.10. The van der Waals surface area contributed by atoms with Crippen molar-refractivity contribution in [2.45, 2.75) is 19.8 Å². The maximum Gasteiger partial charge on any atom is 0.235 e. The van der Waals surface area contributed by atoms with Crippen molar-refractivity contribution in [1.82, 2.24) is 0 Å². The van der Waals surface area contributed by atoms with Crippen molar-refractivity contribution in [2.75, 3.05) is 13.2 Å². The molecule has 6 heteroatoms. The van der Waals surface area contributed by atoms with Crippen molar-refractivity contribution < 1.29 is 18.3 Å². The summed E-state index contributed by atoms with van der Waals surface area (Å²) in [5, 5.41) is 0.476. The van der Waals surface area contributed by atoms with Crippen molar-refractivity contribution in [3.8, 4) is 23.0 Å². The van der Waals surface area contributed by atoms with E-state index in [0.717, 1.165) is 18.6 Å². The molecule has 154 valence electrons. The largest absolute Gasteiger partial charge is 0.494 e. The van der Waals surface area contributed by atoms with Crippen molar-refractivity contribution in [2.24, 2.45) is 0 Å². The summed E-state index contributed by atoms with van der Waals surface area (Å²) in [6, 6.07) is 18.5. The van der Waals surface area contributed by atoms with Crippen LogP contribution in [0, 0.1) is 6.92 Å². The quantitative estimate of drug-likeness (QED) is 0.281. The van der Waals surface area contributed by atoms with E-state index in [9.17, 15) is 4.79 Å². The topological polar surface area (TPSA) is 61.8 Å². The van der Waals surface area contributed by atoms with Crippen LogP contribution in [0.3, 0.4) is 0 Å². The molecule has 0 N–H and O–H groups in total. The van der Waals surface area contributed by atoms with Gasteiger partial charge >= 0.3 is 0 Å². The minimum Gasteiger partial charge on any atom is -0.494 e. The predicted molar refractivity (Wildman–Crippen MR) is 119 cm³/mol. The number of ether oxygens (including phenoxy) is 2. The Labute approximate surface area is 182 Å². The van der Waals surface area contributed by atoms with Crippen molar-refractivity contribution in [3.63, 3.8) is 0 Å². The maximum atomic E-state index is 13.0. The average molecular weight is 469 g/mol. The second kappa shape index (κ2) is 9.22. The molecule has 0 radical (unpaired) electrons. The Morgan fingerprint density at radius 2 is 1.60 bits per heavy atom. The lowest BCUT2D eigenvalue weighted by Crippen LogP contribution is -2.11. The van der Waals surface area contributed by atoms with Gasteiger partial charge in [-0.25, -0.2) is 0 Å². The molecule has 0 bridgehead atoms. The van der Waals surface area contributed by atoms with E-state index in [0.29, 0.717) is 40.4 Å². The van der Waals surface area contributed by atoms with E-state index in [1.54, 1.807) is 30.3 Å². The summed E-state index contributed by atoms with van der Waals surface area (Å²) in [6.07, 6.45) is 1.54. The third kappa shape index (κ3) is 4.60. The normalized spacial score (nSPS) is 11.0. The van der Waals surface area contributed by atoms with Crippen molar-refractivity contribution in [3.05, 3.63) is 81.1 Å². The number of para-hydroxylation sites is 1. The van der Waals surface area contributed by atoms with Crippen molar-refractivity contribution in [1.29, 1.82) is 0 Å². The number of fused-ring (bicyclic) bond motifs is 1. The molecule has 2 aromatic carbocycles. The van der Waals surface area contributed by atoms with Gasteiger partial charge in [0.25, 0.3) is 0 Å². The number of furan rings is 1. The summed E-state index contributed by atoms with van der Waals surface area (Å²) in [4.78, 5) is 13.0. The summed E-state index contributed by atoms with van der Waals surface area (Å²) < 4.78 is 23.7. The van der Waals surface area contributed by atoms with Gasteiger partial charge in [-0.1, -0.05) is 29.8 Å². The lowest BCUT2D eigenvalue weighted by molar-refractivity contribution is 0.262. The Kier molecular flexibility index (Phi) is 6.23. The average Bonchev–Trinajstić information content (AvgIpc) is 3.19. The second-order valence-corrected chi connectivity index (χ2v) is 7.69. The van der Waals surface area contributed by atoms with Gasteiger partial charge in [0.05, 0.1) is 18.6 Å². The molecular formula is C24H21BrO5. The first-order valence-corrected chi connectivity index (χ1v) is 10.5. The third-order valence-electron chi connectivity index (χ3n) is 4.63. The molecule has 5 nitrogen and oxygen atoms in total. The van der Waals surface area contributed by atoms with Crippen LogP contribution >= 0.6 is 15.9 Å². The van der Waals surface area contributed by atoms with Crippen LogP contribution in [0.15, 0.2) is 79.0 Å². The molecule has 0 amide bonds. The SMILES string of the molecule is Cc1ccc(OCCCCOc2c(-c3ccc(Br)o3)oc3ccccc3c2=O)cc1. The first-order valence-electron chi connectivity index (χ1n) is 9.75. The van der Waals surface area contributed by atoms with Gasteiger partial charge < -0.3 is 18.3 Å². The smallest absolute Gasteiger partial charge is 0.235 e. The van der Waals surface area contributed by atoms with E-state index in [2.05, 4.69) is 15.9 Å². The molecule has 0 aliphatic carbocycles. The minimum absolute atomic E-state index is 0.162. The molecule has 0 unspecified atom stereocenters. The Balaban J connectivity index is 1.44. The molecule has 0 fully saturated rings. The highest BCUT2D eigenvalue weighted by atomic mass is 79.9. The minimum atomic E-state index is -0.213. The number of rotatable bonds is 8. The van der Waals surface area contributed by atoms with Crippen LogP contribution in [0.4, 0.5) is 0 Å². The van der Waals surface area contributed by atoms with Gasteiger partial charge in [0.1, 0.15) is 11.3 Å². The number of halogens is 1. The zero-order chi connectivity index (χ0) is 20.9. The molecule has 0 atom stereocenters. The zero-order valence-corrected chi connectivity index (χ0v) is 18.1. The Bertz CT molecular complexity index is 1190. The lowest BCUT2D eigenvalue weighted by atomic mass is 10.2. The van der Waals surface area contributed by atoms with Gasteiger partial charge in [-0.05, 0) is 72.1 Å². The predicted octanol–water partition coefficient (Wildman–Crippen LogP) is 6.36. The standard InChI is InChI=1S/C24H21BrO5/c1-16-8-10-17(11-9-16)27-14-4-5-15-28-24-22(26)18-6-2-3-7-19(18)30-23(24)20-12-13-21(25)29-20/h2-3,6-13H,4-5,14-15H2,1H3. The van der Waals surface area contributed by atoms with Gasteiger partial charge in [-0.15, -0.1) is 0 Å². The number of benzene rings is 2. The molecule has 0 aliphatic heterocycles. The summed E-state index contributed by atoms with van der Waals surface area (Å²) >= 11 is 3.29. The van der Waals surface area contributed by atoms with E-state index in [-0.39, 0.29) is 11.2 Å². The fraction of sp³-hybridized carbons (Fsp3) is 0.208. The number of hydrogen-bond acceptors (Lipinski definition) is 5. The van der Waals surface area contributed by atoms with Crippen LogP contribution in [-0.2, 0) is 0 Å². The van der Waals surface area contributed by atoms with Gasteiger partial charge in [0.15, 0.2) is 10.4 Å². The molecule has 0 aliphatic rings. The van der Waals surface area contributed by atoms with Gasteiger partial charge in [0.2, 0.25) is 16.9 Å². The number of hydrogen-bond donors (Lipinski definition) is 0. The summed E-state index contributed by atoms with van der Waals surface area (Å²) in [5.74, 6) is 1.74. The summed E-state index contributed by atoms with van der Waals surface area (Å²) in [7, 11) is 0. The van der Waals surface area contributed by atoms with Crippen LogP contribution in [0.1, 0.15) is 18.4 Å². The molecular weight excluding hydrogens is 448 g/mol. The van der Waals surface area contributed by atoms with Gasteiger partial charge in [-0.2, -0.15) is 0 Å². The molecule has 2 aromatic heterocycles. The molecule has 0 saturated heterocycles. The Hall–Kier alpha value is -2.99. The monoisotopic (exact) mass is 468 g/mol. The fourth-order valence-corrected chi connectivity index (χ4v) is 3.36. The molecule has 0 spiro atoms.